The van der Waals surface area contributed by atoms with E-state index in [1.165, 1.54) is 29.7 Å². The Morgan fingerprint density at radius 3 is 2.28 bits per heavy atom. The van der Waals surface area contributed by atoms with E-state index in [0.29, 0.717) is 43.7 Å². The lowest BCUT2D eigenvalue weighted by atomic mass is 10.2. The topological polar surface area (TPSA) is 90.8 Å². The van der Waals surface area contributed by atoms with Crippen LogP contribution in [-0.4, -0.2) is 63.9 Å². The van der Waals surface area contributed by atoms with E-state index in [0.717, 1.165) is 0 Å². The van der Waals surface area contributed by atoms with Crippen LogP contribution in [-0.2, 0) is 0 Å². The average Bonchev–Trinajstić information content (AvgIpc) is 3.05. The van der Waals surface area contributed by atoms with Crippen LogP contribution in [0.2, 0.25) is 0 Å². The fourth-order valence-electron chi connectivity index (χ4n) is 2.76. The van der Waals surface area contributed by atoms with Crippen molar-refractivity contribution >= 4 is 29.1 Å². The summed E-state index contributed by atoms with van der Waals surface area (Å²) in [6.07, 6.45) is 2.00. The highest BCUT2D eigenvalue weighted by Gasteiger charge is 2.24. The molecule has 2 amide bonds. The summed E-state index contributed by atoms with van der Waals surface area (Å²) in [6.45, 7) is 1.99. The molecule has 0 aromatic carbocycles. The highest BCUT2D eigenvalue weighted by Crippen LogP contribution is 2.14. The largest absolute Gasteiger partial charge is 0.477 e. The predicted molar refractivity (Wildman–Crippen MR) is 91.9 cm³/mol. The second kappa shape index (κ2) is 7.43. The van der Waals surface area contributed by atoms with Gasteiger partial charge in [-0.25, -0.2) is 9.78 Å². The quantitative estimate of drug-likeness (QED) is 0.903. The second-order valence-electron chi connectivity index (χ2n) is 5.68. The molecule has 0 unspecified atom stereocenters. The summed E-state index contributed by atoms with van der Waals surface area (Å²) in [5.41, 5.74) is 0.810. The monoisotopic (exact) mass is 359 g/mol. The van der Waals surface area contributed by atoms with Crippen molar-refractivity contribution in [2.24, 2.45) is 0 Å². The Kier molecular flexibility index (Phi) is 5.08. The number of nitrogens with zero attached hydrogens (tertiary/aromatic N) is 3. The number of aromatic carboxylic acids is 1. The third-order valence-corrected chi connectivity index (χ3v) is 4.75. The van der Waals surface area contributed by atoms with Crippen LogP contribution in [0.25, 0.3) is 0 Å². The van der Waals surface area contributed by atoms with Gasteiger partial charge in [-0.2, -0.15) is 11.3 Å². The minimum absolute atomic E-state index is 0.0207. The maximum Gasteiger partial charge on any atom is 0.354 e. The molecule has 1 saturated heterocycles. The molecule has 25 heavy (non-hydrogen) atoms. The zero-order chi connectivity index (χ0) is 17.8. The molecule has 2 aromatic rings. The summed E-state index contributed by atoms with van der Waals surface area (Å²) in [4.78, 5) is 43.2. The van der Waals surface area contributed by atoms with E-state index in [-0.39, 0.29) is 17.5 Å². The van der Waals surface area contributed by atoms with Gasteiger partial charge in [0, 0.05) is 43.3 Å². The van der Waals surface area contributed by atoms with Crippen molar-refractivity contribution in [2.75, 3.05) is 26.2 Å². The van der Waals surface area contributed by atoms with E-state index in [2.05, 4.69) is 4.98 Å². The first kappa shape index (κ1) is 17.1. The van der Waals surface area contributed by atoms with Gasteiger partial charge in [0.15, 0.2) is 0 Å². The lowest BCUT2D eigenvalue weighted by molar-refractivity contribution is 0.0688. The molecular formula is C17H17N3O4S. The van der Waals surface area contributed by atoms with Crippen molar-refractivity contribution in [3.8, 4) is 0 Å². The molecule has 3 rings (SSSR count). The molecule has 0 radical (unpaired) electrons. The summed E-state index contributed by atoms with van der Waals surface area (Å²) in [6, 6.07) is 4.59. The molecule has 3 heterocycles. The minimum Gasteiger partial charge on any atom is -0.477 e. The summed E-state index contributed by atoms with van der Waals surface area (Å²) < 4.78 is 0. The van der Waals surface area contributed by atoms with Gasteiger partial charge >= 0.3 is 5.97 Å². The molecule has 7 nitrogen and oxygen atoms in total. The number of carboxylic acids is 1. The van der Waals surface area contributed by atoms with Crippen LogP contribution in [0, 0.1) is 0 Å². The Morgan fingerprint density at radius 2 is 1.68 bits per heavy atom. The summed E-state index contributed by atoms with van der Waals surface area (Å²) in [7, 11) is 0. The van der Waals surface area contributed by atoms with Crippen LogP contribution in [0.4, 0.5) is 0 Å². The van der Waals surface area contributed by atoms with E-state index in [1.807, 2.05) is 10.8 Å². The Labute approximate surface area is 148 Å². The van der Waals surface area contributed by atoms with Gasteiger partial charge in [0.1, 0.15) is 5.69 Å². The predicted octanol–water partition coefficient (Wildman–Crippen LogP) is 1.83. The third-order valence-electron chi connectivity index (χ3n) is 4.06. The normalized spacial score (nSPS) is 14.9. The lowest BCUT2D eigenvalue weighted by Gasteiger charge is -2.22. The van der Waals surface area contributed by atoms with Crippen LogP contribution in [0.1, 0.15) is 37.6 Å². The van der Waals surface area contributed by atoms with Crippen molar-refractivity contribution in [1.82, 2.24) is 14.8 Å². The zero-order valence-electron chi connectivity index (χ0n) is 13.4. The fourth-order valence-corrected chi connectivity index (χ4v) is 3.39. The van der Waals surface area contributed by atoms with Crippen LogP contribution in [0.5, 0.6) is 0 Å². The molecule has 1 N–H and O–H groups in total. The number of pyridine rings is 1. The van der Waals surface area contributed by atoms with E-state index in [9.17, 15) is 14.4 Å². The summed E-state index contributed by atoms with van der Waals surface area (Å²) in [5, 5.41) is 12.7. The van der Waals surface area contributed by atoms with Crippen molar-refractivity contribution in [3.05, 3.63) is 52.0 Å². The van der Waals surface area contributed by atoms with E-state index < -0.39 is 5.97 Å². The van der Waals surface area contributed by atoms with Crippen LogP contribution in [0.15, 0.2) is 35.2 Å². The lowest BCUT2D eigenvalue weighted by Crippen LogP contribution is -2.37. The molecule has 8 heteroatoms. The van der Waals surface area contributed by atoms with Gasteiger partial charge in [0.2, 0.25) is 0 Å². The molecule has 0 spiro atoms. The molecule has 0 atom stereocenters. The van der Waals surface area contributed by atoms with Gasteiger partial charge in [-0.15, -0.1) is 0 Å². The van der Waals surface area contributed by atoms with Crippen LogP contribution < -0.4 is 0 Å². The van der Waals surface area contributed by atoms with Gasteiger partial charge < -0.3 is 14.9 Å². The zero-order valence-corrected chi connectivity index (χ0v) is 14.2. The molecule has 0 bridgehead atoms. The number of aromatic nitrogens is 1. The highest BCUT2D eigenvalue weighted by molar-refractivity contribution is 7.08. The first-order valence-electron chi connectivity index (χ1n) is 7.86. The first-order valence-corrected chi connectivity index (χ1v) is 8.80. The molecule has 1 aliphatic rings. The van der Waals surface area contributed by atoms with Crippen LogP contribution >= 0.6 is 11.3 Å². The van der Waals surface area contributed by atoms with E-state index in [1.54, 1.807) is 15.9 Å². The van der Waals surface area contributed by atoms with Gasteiger partial charge in [-0.1, -0.05) is 0 Å². The number of amides is 2. The van der Waals surface area contributed by atoms with Crippen molar-refractivity contribution < 1.29 is 19.5 Å². The van der Waals surface area contributed by atoms with E-state index in [4.69, 9.17) is 5.11 Å². The maximum atomic E-state index is 12.6. The highest BCUT2D eigenvalue weighted by atomic mass is 32.1. The number of carboxylic acid groups (broad SMARTS) is 1. The molecule has 130 valence electrons. The Hall–Kier alpha value is -2.74. The number of carbonyl (C=O) groups excluding carboxylic acids is 2. The minimum atomic E-state index is -1.17. The number of hydrogen-bond acceptors (Lipinski definition) is 5. The fraction of sp³-hybridized carbons (Fsp3) is 0.294. The number of hydrogen-bond donors (Lipinski definition) is 1. The first-order chi connectivity index (χ1) is 12.1. The van der Waals surface area contributed by atoms with Crippen molar-refractivity contribution in [3.63, 3.8) is 0 Å². The SMILES string of the molecule is O=C(O)c1cc(C(=O)N2CCCN(C(=O)c3ccsc3)CC2)ccn1. The second-order valence-corrected chi connectivity index (χ2v) is 6.46. The molecule has 2 aromatic heterocycles. The van der Waals surface area contributed by atoms with E-state index >= 15 is 0 Å². The summed E-state index contributed by atoms with van der Waals surface area (Å²) >= 11 is 1.48. The third kappa shape index (κ3) is 3.85. The molecule has 1 fully saturated rings. The Morgan fingerprint density at radius 1 is 1.00 bits per heavy atom. The van der Waals surface area contributed by atoms with Gasteiger partial charge in [0.05, 0.1) is 5.56 Å². The summed E-state index contributed by atoms with van der Waals surface area (Å²) in [5.74, 6) is -1.43. The standard InChI is InChI=1S/C17H17N3O4S/c21-15(12-2-4-18-14(10-12)17(23)24)19-5-1-6-20(8-7-19)16(22)13-3-9-25-11-13/h2-4,9-11H,1,5-8H2,(H,23,24). The van der Waals surface area contributed by atoms with Gasteiger partial charge in [0.25, 0.3) is 11.8 Å². The number of rotatable bonds is 3. The molecular weight excluding hydrogens is 342 g/mol. The Balaban J connectivity index is 1.68. The average molecular weight is 359 g/mol. The maximum absolute atomic E-state index is 12.6. The molecule has 0 saturated carbocycles. The van der Waals surface area contributed by atoms with Gasteiger partial charge in [-0.05, 0) is 30.0 Å². The van der Waals surface area contributed by atoms with Crippen LogP contribution in [0.3, 0.4) is 0 Å². The number of thiophene rings is 1. The Bertz CT molecular complexity index is 791. The smallest absolute Gasteiger partial charge is 0.354 e. The van der Waals surface area contributed by atoms with Crippen molar-refractivity contribution in [2.45, 2.75) is 6.42 Å². The molecule has 1 aliphatic heterocycles. The molecule has 0 aliphatic carbocycles. The van der Waals surface area contributed by atoms with Gasteiger partial charge in [-0.3, -0.25) is 9.59 Å². The van der Waals surface area contributed by atoms with Crippen molar-refractivity contribution in [1.29, 1.82) is 0 Å². The number of carbonyl (C=O) groups is 3.